The van der Waals surface area contributed by atoms with Gasteiger partial charge in [0, 0.05) is 18.6 Å². The molecule has 2 unspecified atom stereocenters. The van der Waals surface area contributed by atoms with Gasteiger partial charge in [-0.05, 0) is 66.0 Å². The van der Waals surface area contributed by atoms with Crippen molar-refractivity contribution >= 4 is 0 Å². The number of nitrogens with one attached hydrogen (secondary N) is 1. The Balaban J connectivity index is 1.92. The van der Waals surface area contributed by atoms with Crippen LogP contribution in [0.2, 0.25) is 0 Å². The molecule has 3 nitrogen and oxygen atoms in total. The highest BCUT2D eigenvalue weighted by atomic mass is 16.5. The standard InChI is InChI=1S/C17H34N2O/c1-13(2)14(19-9-7-8-10-19)12-18-15-11-16(3,4)20-17(15,5)6/h13-15,18H,7-12H2,1-6H3. The molecule has 20 heavy (non-hydrogen) atoms. The fourth-order valence-electron chi connectivity index (χ4n) is 4.00. The van der Waals surface area contributed by atoms with E-state index in [1.807, 2.05) is 0 Å². The number of hydrogen-bond donors (Lipinski definition) is 1. The van der Waals surface area contributed by atoms with E-state index in [0.29, 0.717) is 18.0 Å². The van der Waals surface area contributed by atoms with Crippen molar-refractivity contribution < 1.29 is 4.74 Å². The van der Waals surface area contributed by atoms with Crippen LogP contribution in [0, 0.1) is 5.92 Å². The van der Waals surface area contributed by atoms with E-state index < -0.39 is 0 Å². The third-order valence-corrected chi connectivity index (χ3v) is 5.03. The van der Waals surface area contributed by atoms with Crippen molar-refractivity contribution in [3.63, 3.8) is 0 Å². The normalized spacial score (nSPS) is 31.1. The molecule has 0 aromatic rings. The van der Waals surface area contributed by atoms with Crippen LogP contribution in [-0.4, -0.2) is 47.8 Å². The molecule has 2 atom stereocenters. The largest absolute Gasteiger partial charge is 0.368 e. The van der Waals surface area contributed by atoms with Gasteiger partial charge in [0.1, 0.15) is 0 Å². The van der Waals surface area contributed by atoms with Gasteiger partial charge in [-0.2, -0.15) is 0 Å². The maximum Gasteiger partial charge on any atom is 0.0787 e. The number of rotatable bonds is 5. The molecule has 118 valence electrons. The first kappa shape index (κ1) is 16.3. The first-order chi connectivity index (χ1) is 9.21. The van der Waals surface area contributed by atoms with Crippen molar-refractivity contribution in [3.8, 4) is 0 Å². The summed E-state index contributed by atoms with van der Waals surface area (Å²) in [6.07, 6.45) is 3.84. The van der Waals surface area contributed by atoms with Crippen molar-refractivity contribution in [1.29, 1.82) is 0 Å². The Hall–Kier alpha value is -0.120. The third-order valence-electron chi connectivity index (χ3n) is 5.03. The van der Waals surface area contributed by atoms with Gasteiger partial charge in [0.15, 0.2) is 0 Å². The van der Waals surface area contributed by atoms with Crippen molar-refractivity contribution in [2.24, 2.45) is 5.92 Å². The first-order valence-corrected chi connectivity index (χ1v) is 8.39. The molecule has 1 N–H and O–H groups in total. The average molecular weight is 282 g/mol. The fourth-order valence-corrected chi connectivity index (χ4v) is 4.00. The van der Waals surface area contributed by atoms with Gasteiger partial charge in [0.2, 0.25) is 0 Å². The molecular formula is C17H34N2O. The van der Waals surface area contributed by atoms with E-state index in [9.17, 15) is 0 Å². The first-order valence-electron chi connectivity index (χ1n) is 8.39. The fraction of sp³-hybridized carbons (Fsp3) is 1.00. The quantitative estimate of drug-likeness (QED) is 0.839. The van der Waals surface area contributed by atoms with Crippen molar-refractivity contribution in [2.45, 2.75) is 84.1 Å². The minimum absolute atomic E-state index is 0.00212. The summed E-state index contributed by atoms with van der Waals surface area (Å²) in [7, 11) is 0. The highest BCUT2D eigenvalue weighted by Crippen LogP contribution is 2.37. The second-order valence-corrected chi connectivity index (χ2v) is 8.18. The molecule has 0 radical (unpaired) electrons. The van der Waals surface area contributed by atoms with E-state index in [2.05, 4.69) is 51.8 Å². The van der Waals surface area contributed by atoms with Gasteiger partial charge in [-0.15, -0.1) is 0 Å². The Morgan fingerprint density at radius 3 is 2.20 bits per heavy atom. The van der Waals surface area contributed by atoms with Crippen LogP contribution in [0.25, 0.3) is 0 Å². The summed E-state index contributed by atoms with van der Waals surface area (Å²) in [5, 5.41) is 3.82. The van der Waals surface area contributed by atoms with Gasteiger partial charge in [0.05, 0.1) is 11.2 Å². The van der Waals surface area contributed by atoms with Gasteiger partial charge >= 0.3 is 0 Å². The topological polar surface area (TPSA) is 24.5 Å². The maximum absolute atomic E-state index is 6.19. The lowest BCUT2D eigenvalue weighted by Gasteiger charge is -2.34. The lowest BCUT2D eigenvalue weighted by Crippen LogP contribution is -2.51. The van der Waals surface area contributed by atoms with Crippen LogP contribution in [0.5, 0.6) is 0 Å². The second kappa shape index (κ2) is 5.94. The summed E-state index contributed by atoms with van der Waals surface area (Å²) in [6.45, 7) is 17.2. The molecule has 3 heteroatoms. The Morgan fingerprint density at radius 2 is 1.75 bits per heavy atom. The van der Waals surface area contributed by atoms with Gasteiger partial charge in [-0.3, -0.25) is 4.90 Å². The predicted octanol–water partition coefficient (Wildman–Crippen LogP) is 3.04. The van der Waals surface area contributed by atoms with Crippen LogP contribution < -0.4 is 5.32 Å². The van der Waals surface area contributed by atoms with Crippen molar-refractivity contribution in [3.05, 3.63) is 0 Å². The molecule has 0 bridgehead atoms. The Bertz CT molecular complexity index is 317. The highest BCUT2D eigenvalue weighted by Gasteiger charge is 2.45. The molecule has 0 spiro atoms. The molecule has 0 saturated carbocycles. The second-order valence-electron chi connectivity index (χ2n) is 8.18. The Morgan fingerprint density at radius 1 is 1.15 bits per heavy atom. The minimum Gasteiger partial charge on any atom is -0.368 e. The van der Waals surface area contributed by atoms with Crippen LogP contribution in [0.15, 0.2) is 0 Å². The van der Waals surface area contributed by atoms with Crippen LogP contribution in [0.4, 0.5) is 0 Å². The predicted molar refractivity (Wildman–Crippen MR) is 85.1 cm³/mol. The van der Waals surface area contributed by atoms with E-state index in [1.54, 1.807) is 0 Å². The summed E-state index contributed by atoms with van der Waals surface area (Å²) in [5.41, 5.74) is -0.0574. The van der Waals surface area contributed by atoms with Gasteiger partial charge < -0.3 is 10.1 Å². The summed E-state index contributed by atoms with van der Waals surface area (Å²) >= 11 is 0. The molecule has 2 aliphatic rings. The molecular weight excluding hydrogens is 248 g/mol. The molecule has 2 saturated heterocycles. The van der Waals surface area contributed by atoms with Gasteiger partial charge in [-0.25, -0.2) is 0 Å². The van der Waals surface area contributed by atoms with Crippen molar-refractivity contribution in [2.75, 3.05) is 19.6 Å². The Kier molecular flexibility index (Phi) is 4.83. The third kappa shape index (κ3) is 3.75. The highest BCUT2D eigenvalue weighted by molar-refractivity contribution is 4.99. The van der Waals surface area contributed by atoms with E-state index in [1.165, 1.54) is 25.9 Å². The van der Waals surface area contributed by atoms with E-state index >= 15 is 0 Å². The maximum atomic E-state index is 6.19. The van der Waals surface area contributed by atoms with E-state index in [0.717, 1.165) is 13.0 Å². The van der Waals surface area contributed by atoms with Crippen LogP contribution in [0.1, 0.15) is 60.8 Å². The lowest BCUT2D eigenvalue weighted by atomic mass is 9.93. The smallest absolute Gasteiger partial charge is 0.0787 e. The van der Waals surface area contributed by atoms with Crippen LogP contribution >= 0.6 is 0 Å². The molecule has 2 rings (SSSR count). The molecule has 0 aromatic carbocycles. The van der Waals surface area contributed by atoms with E-state index in [-0.39, 0.29) is 11.2 Å². The lowest BCUT2D eigenvalue weighted by molar-refractivity contribution is -0.0701. The molecule has 2 aliphatic heterocycles. The Labute approximate surface area is 125 Å². The molecule has 2 heterocycles. The summed E-state index contributed by atoms with van der Waals surface area (Å²) in [5.74, 6) is 0.707. The van der Waals surface area contributed by atoms with E-state index in [4.69, 9.17) is 4.74 Å². The number of nitrogens with zero attached hydrogens (tertiary/aromatic N) is 1. The molecule has 0 aromatic heterocycles. The number of hydrogen-bond acceptors (Lipinski definition) is 3. The minimum atomic E-state index is -0.0595. The zero-order valence-electron chi connectivity index (χ0n) is 14.3. The molecule has 0 amide bonds. The van der Waals surface area contributed by atoms with Gasteiger partial charge in [0.25, 0.3) is 0 Å². The van der Waals surface area contributed by atoms with Gasteiger partial charge in [-0.1, -0.05) is 13.8 Å². The average Bonchev–Trinajstić information content (AvgIpc) is 2.85. The van der Waals surface area contributed by atoms with Crippen molar-refractivity contribution in [1.82, 2.24) is 10.2 Å². The monoisotopic (exact) mass is 282 g/mol. The van der Waals surface area contributed by atoms with Crippen LogP contribution in [-0.2, 0) is 4.74 Å². The zero-order valence-corrected chi connectivity index (χ0v) is 14.3. The summed E-state index contributed by atoms with van der Waals surface area (Å²) in [6, 6.07) is 1.12. The summed E-state index contributed by atoms with van der Waals surface area (Å²) in [4.78, 5) is 2.67. The number of likely N-dealkylation sites (tertiary alicyclic amines) is 1. The molecule has 2 fully saturated rings. The SMILES string of the molecule is CC(C)C(CNC1CC(C)(C)OC1(C)C)N1CCCC1. The molecule has 0 aliphatic carbocycles. The zero-order chi connectivity index (χ0) is 15.0. The summed E-state index contributed by atoms with van der Waals surface area (Å²) < 4.78 is 6.19. The van der Waals surface area contributed by atoms with Crippen LogP contribution in [0.3, 0.4) is 0 Å². The number of ether oxygens (including phenoxy) is 1.